The lowest BCUT2D eigenvalue weighted by molar-refractivity contribution is 0.453. The second-order valence-corrected chi connectivity index (χ2v) is 7.71. The molecule has 0 bridgehead atoms. The SMILES string of the molecule is CN(CC1CC1)S(=O)(=O)c1cnn2cc(Br)cnc12. The maximum absolute atomic E-state index is 12.5. The van der Waals surface area contributed by atoms with Crippen LogP contribution in [0.25, 0.3) is 5.65 Å². The Bertz CT molecular complexity index is 723. The van der Waals surface area contributed by atoms with Crippen LogP contribution in [0.5, 0.6) is 0 Å². The van der Waals surface area contributed by atoms with E-state index in [2.05, 4.69) is 26.0 Å². The fourth-order valence-corrected chi connectivity index (χ4v) is 3.54. The van der Waals surface area contributed by atoms with Crippen LogP contribution in [0.4, 0.5) is 0 Å². The Balaban J connectivity index is 2.02. The molecule has 0 aromatic carbocycles. The number of sulfonamides is 1. The highest BCUT2D eigenvalue weighted by atomic mass is 79.9. The van der Waals surface area contributed by atoms with Crippen molar-refractivity contribution in [2.75, 3.05) is 13.6 Å². The molecule has 0 spiro atoms. The van der Waals surface area contributed by atoms with Gasteiger partial charge in [0.2, 0.25) is 10.0 Å². The third-order valence-corrected chi connectivity index (χ3v) is 5.42. The average Bonchev–Trinajstić information content (AvgIpc) is 3.06. The molecule has 0 unspecified atom stereocenters. The summed E-state index contributed by atoms with van der Waals surface area (Å²) < 4.78 is 28.6. The van der Waals surface area contributed by atoms with Crippen molar-refractivity contribution < 1.29 is 8.42 Å². The molecule has 1 saturated carbocycles. The molecule has 0 amide bonds. The third kappa shape index (κ3) is 2.39. The first-order valence-electron chi connectivity index (χ1n) is 5.94. The van der Waals surface area contributed by atoms with Gasteiger partial charge in [-0.15, -0.1) is 0 Å². The first-order chi connectivity index (χ1) is 8.98. The number of halogens is 1. The molecule has 1 aliphatic carbocycles. The molecule has 0 atom stereocenters. The summed E-state index contributed by atoms with van der Waals surface area (Å²) in [4.78, 5) is 4.29. The minimum atomic E-state index is -3.52. The highest BCUT2D eigenvalue weighted by molar-refractivity contribution is 9.10. The molecule has 1 aliphatic rings. The predicted octanol–water partition coefficient (Wildman–Crippen LogP) is 1.52. The monoisotopic (exact) mass is 344 g/mol. The van der Waals surface area contributed by atoms with E-state index in [0.717, 1.165) is 17.3 Å². The summed E-state index contributed by atoms with van der Waals surface area (Å²) in [5, 5.41) is 4.04. The minimum Gasteiger partial charge on any atom is -0.235 e. The zero-order valence-electron chi connectivity index (χ0n) is 10.3. The molecule has 1 fully saturated rings. The quantitative estimate of drug-likeness (QED) is 0.843. The van der Waals surface area contributed by atoms with Gasteiger partial charge in [-0.25, -0.2) is 22.2 Å². The second-order valence-electron chi connectivity index (χ2n) is 4.78. The number of hydrogen-bond donors (Lipinski definition) is 0. The van der Waals surface area contributed by atoms with Gasteiger partial charge < -0.3 is 0 Å². The van der Waals surface area contributed by atoms with Crippen LogP contribution in [0.3, 0.4) is 0 Å². The topological polar surface area (TPSA) is 67.6 Å². The van der Waals surface area contributed by atoms with Crippen LogP contribution in [0.15, 0.2) is 28.0 Å². The highest BCUT2D eigenvalue weighted by Gasteiger charge is 2.31. The summed E-state index contributed by atoms with van der Waals surface area (Å²) in [7, 11) is -1.91. The van der Waals surface area contributed by atoms with Gasteiger partial charge in [0.25, 0.3) is 0 Å². The van der Waals surface area contributed by atoms with Crippen molar-refractivity contribution in [3.63, 3.8) is 0 Å². The Morgan fingerprint density at radius 1 is 1.47 bits per heavy atom. The largest absolute Gasteiger partial charge is 0.248 e. The molecule has 19 heavy (non-hydrogen) atoms. The maximum atomic E-state index is 12.5. The van der Waals surface area contributed by atoms with Gasteiger partial charge in [-0.2, -0.15) is 5.10 Å². The summed E-state index contributed by atoms with van der Waals surface area (Å²) in [6, 6.07) is 0. The maximum Gasteiger partial charge on any atom is 0.248 e. The van der Waals surface area contributed by atoms with Crippen molar-refractivity contribution in [1.82, 2.24) is 18.9 Å². The second kappa shape index (κ2) is 4.53. The predicted molar refractivity (Wildman–Crippen MR) is 73.2 cm³/mol. The lowest BCUT2D eigenvalue weighted by Crippen LogP contribution is -2.29. The first kappa shape index (κ1) is 13.0. The summed E-state index contributed by atoms with van der Waals surface area (Å²) in [6.07, 6.45) is 6.83. The highest BCUT2D eigenvalue weighted by Crippen LogP contribution is 2.31. The average molecular weight is 345 g/mol. The van der Waals surface area contributed by atoms with E-state index in [0.29, 0.717) is 18.1 Å². The van der Waals surface area contributed by atoms with Crippen LogP contribution >= 0.6 is 15.9 Å². The molecule has 2 heterocycles. The molecule has 102 valence electrons. The molecule has 0 N–H and O–H groups in total. The fourth-order valence-electron chi connectivity index (χ4n) is 1.94. The molecule has 0 aliphatic heterocycles. The van der Waals surface area contributed by atoms with Crippen LogP contribution in [0, 0.1) is 5.92 Å². The minimum absolute atomic E-state index is 0.156. The van der Waals surface area contributed by atoms with Gasteiger partial charge in [0, 0.05) is 26.0 Å². The van der Waals surface area contributed by atoms with Gasteiger partial charge in [-0.3, -0.25) is 0 Å². The van der Waals surface area contributed by atoms with Crippen molar-refractivity contribution in [2.45, 2.75) is 17.7 Å². The summed E-state index contributed by atoms with van der Waals surface area (Å²) in [6.45, 7) is 0.566. The molecule has 0 radical (unpaired) electrons. The van der Waals surface area contributed by atoms with E-state index in [-0.39, 0.29) is 4.90 Å². The molecule has 2 aromatic heterocycles. The van der Waals surface area contributed by atoms with Gasteiger partial charge >= 0.3 is 0 Å². The Labute approximate surface area is 119 Å². The number of nitrogens with zero attached hydrogens (tertiary/aromatic N) is 4. The van der Waals surface area contributed by atoms with Crippen LogP contribution in [-0.4, -0.2) is 40.9 Å². The van der Waals surface area contributed by atoms with Gasteiger partial charge in [0.1, 0.15) is 4.90 Å². The van der Waals surface area contributed by atoms with E-state index in [1.165, 1.54) is 15.0 Å². The number of rotatable bonds is 4. The van der Waals surface area contributed by atoms with E-state index in [4.69, 9.17) is 0 Å². The zero-order chi connectivity index (χ0) is 13.6. The Kier molecular flexibility index (Phi) is 3.11. The summed E-state index contributed by atoms with van der Waals surface area (Å²) >= 11 is 3.28. The number of aromatic nitrogens is 3. The summed E-state index contributed by atoms with van der Waals surface area (Å²) in [5.74, 6) is 0.503. The van der Waals surface area contributed by atoms with Crippen LogP contribution in [0.1, 0.15) is 12.8 Å². The molecule has 8 heteroatoms. The van der Waals surface area contributed by atoms with E-state index in [1.54, 1.807) is 19.4 Å². The third-order valence-electron chi connectivity index (χ3n) is 3.19. The van der Waals surface area contributed by atoms with E-state index in [1.807, 2.05) is 0 Å². The van der Waals surface area contributed by atoms with Gasteiger partial charge in [-0.1, -0.05) is 0 Å². The van der Waals surface area contributed by atoms with E-state index in [9.17, 15) is 8.42 Å². The smallest absolute Gasteiger partial charge is 0.235 e. The fraction of sp³-hybridized carbons (Fsp3) is 0.455. The van der Waals surface area contributed by atoms with Crippen molar-refractivity contribution >= 4 is 31.6 Å². The number of fused-ring (bicyclic) bond motifs is 1. The molecule has 6 nitrogen and oxygen atoms in total. The zero-order valence-corrected chi connectivity index (χ0v) is 12.7. The Morgan fingerprint density at radius 3 is 2.89 bits per heavy atom. The van der Waals surface area contributed by atoms with Crippen molar-refractivity contribution in [3.05, 3.63) is 23.1 Å². The molecule has 0 saturated heterocycles. The van der Waals surface area contributed by atoms with Crippen LogP contribution in [0.2, 0.25) is 0 Å². The Hall–Kier alpha value is -0.990. The van der Waals surface area contributed by atoms with Gasteiger partial charge in [-0.05, 0) is 34.7 Å². The first-order valence-corrected chi connectivity index (χ1v) is 8.17. The van der Waals surface area contributed by atoms with E-state index < -0.39 is 10.0 Å². The number of hydrogen-bond acceptors (Lipinski definition) is 4. The molecular weight excluding hydrogens is 332 g/mol. The van der Waals surface area contributed by atoms with Crippen molar-refractivity contribution in [1.29, 1.82) is 0 Å². The normalized spacial score (nSPS) is 16.4. The molecule has 3 rings (SSSR count). The van der Waals surface area contributed by atoms with Crippen molar-refractivity contribution in [2.24, 2.45) is 5.92 Å². The lowest BCUT2D eigenvalue weighted by Gasteiger charge is -2.15. The van der Waals surface area contributed by atoms with Gasteiger partial charge in [0.15, 0.2) is 5.65 Å². The van der Waals surface area contributed by atoms with E-state index >= 15 is 0 Å². The van der Waals surface area contributed by atoms with Crippen molar-refractivity contribution in [3.8, 4) is 0 Å². The van der Waals surface area contributed by atoms with Gasteiger partial charge in [0.05, 0.1) is 10.7 Å². The standard InChI is InChI=1S/C11H13BrN4O2S/c1-15(6-8-2-3-8)19(17,18)10-5-14-16-7-9(12)4-13-11(10)16/h4-5,7-8H,2-3,6H2,1H3. The molecule has 2 aromatic rings. The summed E-state index contributed by atoms with van der Waals surface area (Å²) in [5.41, 5.74) is 0.353. The van der Waals surface area contributed by atoms with Crippen LogP contribution in [-0.2, 0) is 10.0 Å². The van der Waals surface area contributed by atoms with Crippen LogP contribution < -0.4 is 0 Å². The molecular formula is C11H13BrN4O2S. The lowest BCUT2D eigenvalue weighted by atomic mass is 10.4. The Morgan fingerprint density at radius 2 is 2.21 bits per heavy atom.